The number of hydrogen-bond acceptors (Lipinski definition) is 3. The Balaban J connectivity index is 2.64. The van der Waals surface area contributed by atoms with Crippen molar-refractivity contribution in [2.75, 3.05) is 7.05 Å². The molecule has 0 aliphatic heterocycles. The molecule has 1 aromatic rings. The molecule has 20 heavy (non-hydrogen) atoms. The number of rotatable bonds is 3. The van der Waals surface area contributed by atoms with Gasteiger partial charge in [-0.1, -0.05) is 32.9 Å². The number of carbonyl (C=O) groups excluding carboxylic acids is 2. The van der Waals surface area contributed by atoms with Gasteiger partial charge >= 0.3 is 6.03 Å². The van der Waals surface area contributed by atoms with Crippen LogP contribution in [-0.4, -0.2) is 25.1 Å². The van der Waals surface area contributed by atoms with Crippen LogP contribution in [0.25, 0.3) is 0 Å². The number of imide groups is 1. The maximum atomic E-state index is 11.6. The summed E-state index contributed by atoms with van der Waals surface area (Å²) < 4.78 is 5.50. The molecule has 3 amide bonds. The number of nitrogens with one attached hydrogen (secondary N) is 2. The molecule has 2 N–H and O–H groups in total. The molecular formula is C15H22N2O3. The minimum atomic E-state index is -0.743. The molecule has 0 heterocycles. The summed E-state index contributed by atoms with van der Waals surface area (Å²) in [5.74, 6) is 0.113. The fourth-order valence-electron chi connectivity index (χ4n) is 1.57. The van der Waals surface area contributed by atoms with E-state index in [0.29, 0.717) is 5.75 Å². The van der Waals surface area contributed by atoms with Gasteiger partial charge in [0.05, 0.1) is 0 Å². The van der Waals surface area contributed by atoms with E-state index in [9.17, 15) is 9.59 Å². The molecule has 1 aromatic carbocycles. The number of carbonyl (C=O) groups is 2. The first kappa shape index (κ1) is 16.0. The van der Waals surface area contributed by atoms with Crippen molar-refractivity contribution in [3.8, 4) is 5.75 Å². The zero-order chi connectivity index (χ0) is 15.3. The van der Waals surface area contributed by atoms with Crippen molar-refractivity contribution in [3.05, 3.63) is 29.8 Å². The minimum absolute atomic E-state index is 0.0702. The lowest BCUT2D eigenvalue weighted by Gasteiger charge is -2.20. The van der Waals surface area contributed by atoms with E-state index >= 15 is 0 Å². The van der Waals surface area contributed by atoms with Crippen LogP contribution in [0, 0.1) is 0 Å². The number of benzene rings is 1. The van der Waals surface area contributed by atoms with Gasteiger partial charge in [-0.2, -0.15) is 0 Å². The fourth-order valence-corrected chi connectivity index (χ4v) is 1.57. The molecule has 0 saturated heterocycles. The summed E-state index contributed by atoms with van der Waals surface area (Å²) in [4.78, 5) is 22.7. The van der Waals surface area contributed by atoms with Crippen LogP contribution in [0.2, 0.25) is 0 Å². The van der Waals surface area contributed by atoms with Gasteiger partial charge in [0.1, 0.15) is 5.75 Å². The Morgan fingerprint density at radius 2 is 1.70 bits per heavy atom. The average Bonchev–Trinajstić information content (AvgIpc) is 2.38. The molecule has 5 heteroatoms. The maximum absolute atomic E-state index is 11.6. The molecule has 110 valence electrons. The zero-order valence-corrected chi connectivity index (χ0v) is 12.6. The van der Waals surface area contributed by atoms with E-state index < -0.39 is 18.0 Å². The predicted octanol–water partition coefficient (Wildman–Crippen LogP) is 2.21. The maximum Gasteiger partial charge on any atom is 0.321 e. The van der Waals surface area contributed by atoms with E-state index in [1.807, 2.05) is 24.3 Å². The van der Waals surface area contributed by atoms with Gasteiger partial charge < -0.3 is 10.1 Å². The summed E-state index contributed by atoms with van der Waals surface area (Å²) in [6.07, 6.45) is -0.743. The summed E-state index contributed by atoms with van der Waals surface area (Å²) >= 11 is 0. The highest BCUT2D eigenvalue weighted by atomic mass is 16.5. The Bertz CT molecular complexity index is 475. The van der Waals surface area contributed by atoms with Crippen LogP contribution in [0.15, 0.2) is 24.3 Å². The van der Waals surface area contributed by atoms with Crippen molar-refractivity contribution in [2.45, 2.75) is 39.2 Å². The van der Waals surface area contributed by atoms with Gasteiger partial charge in [-0.15, -0.1) is 0 Å². The third-order valence-corrected chi connectivity index (χ3v) is 2.87. The molecule has 0 fully saturated rings. The monoisotopic (exact) mass is 278 g/mol. The quantitative estimate of drug-likeness (QED) is 0.890. The number of ether oxygens (including phenoxy) is 1. The minimum Gasteiger partial charge on any atom is -0.481 e. The highest BCUT2D eigenvalue weighted by molar-refractivity contribution is 5.96. The third-order valence-electron chi connectivity index (χ3n) is 2.87. The van der Waals surface area contributed by atoms with Gasteiger partial charge in [0.25, 0.3) is 5.91 Å². The van der Waals surface area contributed by atoms with Crippen molar-refractivity contribution in [1.82, 2.24) is 10.6 Å². The first-order valence-electron chi connectivity index (χ1n) is 6.54. The number of urea groups is 1. The van der Waals surface area contributed by atoms with Crippen LogP contribution >= 0.6 is 0 Å². The van der Waals surface area contributed by atoms with E-state index in [1.54, 1.807) is 6.92 Å². The van der Waals surface area contributed by atoms with Crippen LogP contribution < -0.4 is 15.4 Å². The van der Waals surface area contributed by atoms with Crippen LogP contribution in [0.1, 0.15) is 33.3 Å². The molecule has 1 rings (SSSR count). The molecular weight excluding hydrogens is 256 g/mol. The lowest BCUT2D eigenvalue weighted by molar-refractivity contribution is -0.126. The Hall–Kier alpha value is -2.04. The number of amides is 3. The van der Waals surface area contributed by atoms with Crippen LogP contribution in [-0.2, 0) is 10.2 Å². The van der Waals surface area contributed by atoms with E-state index in [0.717, 1.165) is 0 Å². The Kier molecular flexibility index (Phi) is 5.13. The van der Waals surface area contributed by atoms with Gasteiger partial charge in [0.2, 0.25) is 0 Å². The van der Waals surface area contributed by atoms with Gasteiger partial charge in [0, 0.05) is 7.05 Å². The van der Waals surface area contributed by atoms with E-state index in [4.69, 9.17) is 4.74 Å². The van der Waals surface area contributed by atoms with Crippen molar-refractivity contribution < 1.29 is 14.3 Å². The molecule has 0 aromatic heterocycles. The Labute approximate surface area is 119 Å². The lowest BCUT2D eigenvalue weighted by atomic mass is 9.87. The van der Waals surface area contributed by atoms with Gasteiger partial charge in [-0.05, 0) is 30.0 Å². The van der Waals surface area contributed by atoms with E-state index in [-0.39, 0.29) is 5.41 Å². The first-order chi connectivity index (χ1) is 9.24. The Morgan fingerprint density at radius 3 is 2.15 bits per heavy atom. The van der Waals surface area contributed by atoms with E-state index in [1.165, 1.54) is 12.6 Å². The summed E-state index contributed by atoms with van der Waals surface area (Å²) in [5, 5.41) is 4.48. The topological polar surface area (TPSA) is 67.4 Å². The SMILES string of the molecule is CNC(=O)NC(=O)[C@H](C)Oc1ccc(C(C)(C)C)cc1. The molecule has 0 bridgehead atoms. The van der Waals surface area contributed by atoms with Crippen molar-refractivity contribution in [1.29, 1.82) is 0 Å². The van der Waals surface area contributed by atoms with Gasteiger partial charge in [-0.3, -0.25) is 10.1 Å². The summed E-state index contributed by atoms with van der Waals surface area (Å²) in [5.41, 5.74) is 1.26. The predicted molar refractivity (Wildman–Crippen MR) is 77.8 cm³/mol. The summed E-state index contributed by atoms with van der Waals surface area (Å²) in [6.45, 7) is 7.98. The second kappa shape index (κ2) is 6.41. The highest BCUT2D eigenvalue weighted by Crippen LogP contribution is 2.24. The third kappa shape index (κ3) is 4.57. The molecule has 0 unspecified atom stereocenters. The smallest absolute Gasteiger partial charge is 0.321 e. The van der Waals surface area contributed by atoms with Gasteiger partial charge in [0.15, 0.2) is 6.10 Å². The first-order valence-corrected chi connectivity index (χ1v) is 6.54. The molecule has 0 saturated carbocycles. The summed E-state index contributed by atoms with van der Waals surface area (Å²) in [6, 6.07) is 7.04. The van der Waals surface area contributed by atoms with Crippen LogP contribution in [0.3, 0.4) is 0 Å². The highest BCUT2D eigenvalue weighted by Gasteiger charge is 2.17. The second-order valence-corrected chi connectivity index (χ2v) is 5.60. The molecule has 1 atom stereocenters. The molecule has 0 spiro atoms. The normalized spacial score (nSPS) is 12.4. The molecule has 0 aliphatic rings. The van der Waals surface area contributed by atoms with Crippen LogP contribution in [0.5, 0.6) is 5.75 Å². The van der Waals surface area contributed by atoms with Gasteiger partial charge in [-0.25, -0.2) is 4.79 Å². The lowest BCUT2D eigenvalue weighted by Crippen LogP contribution is -2.43. The molecule has 5 nitrogen and oxygen atoms in total. The number of hydrogen-bond donors (Lipinski definition) is 2. The summed E-state index contributed by atoms with van der Waals surface area (Å²) in [7, 11) is 1.44. The van der Waals surface area contributed by atoms with Crippen molar-refractivity contribution in [2.24, 2.45) is 0 Å². The van der Waals surface area contributed by atoms with E-state index in [2.05, 4.69) is 31.4 Å². The standard InChI is InChI=1S/C15H22N2O3/c1-10(13(18)17-14(19)16-5)20-12-8-6-11(7-9-12)15(2,3)4/h6-10H,1-5H3,(H2,16,17,18,19)/t10-/m0/s1. The average molecular weight is 278 g/mol. The van der Waals surface area contributed by atoms with Crippen LogP contribution in [0.4, 0.5) is 4.79 Å². The molecule has 0 aliphatic carbocycles. The van der Waals surface area contributed by atoms with Crippen molar-refractivity contribution in [3.63, 3.8) is 0 Å². The van der Waals surface area contributed by atoms with Crippen molar-refractivity contribution >= 4 is 11.9 Å². The Morgan fingerprint density at radius 1 is 1.15 bits per heavy atom. The molecule has 0 radical (unpaired) electrons. The largest absolute Gasteiger partial charge is 0.481 e. The zero-order valence-electron chi connectivity index (χ0n) is 12.6. The fraction of sp³-hybridized carbons (Fsp3) is 0.467. The second-order valence-electron chi connectivity index (χ2n) is 5.60.